The summed E-state index contributed by atoms with van der Waals surface area (Å²) in [5, 5.41) is 6.35. The molecule has 0 spiro atoms. The van der Waals surface area contributed by atoms with E-state index in [0.29, 0.717) is 23.8 Å². The van der Waals surface area contributed by atoms with Gasteiger partial charge in [0, 0.05) is 29.2 Å². The van der Waals surface area contributed by atoms with Crippen LogP contribution in [0.15, 0.2) is 24.3 Å². The molecular weight excluding hydrogens is 336 g/mol. The molecule has 2 aliphatic rings. The van der Waals surface area contributed by atoms with Gasteiger partial charge in [-0.25, -0.2) is 9.78 Å². The van der Waals surface area contributed by atoms with Gasteiger partial charge < -0.3 is 5.32 Å². The zero-order valence-electron chi connectivity index (χ0n) is 13.9. The smallest absolute Gasteiger partial charge is 0.321 e. The molecule has 0 bridgehead atoms. The molecule has 1 saturated heterocycles. The summed E-state index contributed by atoms with van der Waals surface area (Å²) in [4.78, 5) is 31.9. The maximum atomic E-state index is 12.6. The van der Waals surface area contributed by atoms with Crippen LogP contribution in [0.5, 0.6) is 0 Å². The lowest BCUT2D eigenvalue weighted by Crippen LogP contribution is -2.27. The Bertz CT molecular complexity index is 794. The number of carbonyl (C=O) groups excluding carboxylic acids is 2. The van der Waals surface area contributed by atoms with E-state index in [2.05, 4.69) is 15.6 Å². The topological polar surface area (TPSA) is 74.3 Å². The summed E-state index contributed by atoms with van der Waals surface area (Å²) >= 11 is 1.58. The quantitative estimate of drug-likeness (QED) is 0.830. The van der Waals surface area contributed by atoms with Crippen molar-refractivity contribution in [3.63, 3.8) is 0 Å². The fourth-order valence-corrected chi connectivity index (χ4v) is 4.33. The van der Waals surface area contributed by atoms with Crippen LogP contribution < -0.4 is 15.5 Å². The molecule has 4 rings (SSSR count). The molecule has 2 N–H and O–H groups in total. The predicted octanol–water partition coefficient (Wildman–Crippen LogP) is 3.19. The first-order valence-corrected chi connectivity index (χ1v) is 9.48. The highest BCUT2D eigenvalue weighted by Gasteiger charge is 2.22. The lowest BCUT2D eigenvalue weighted by atomic mass is 10.2. The molecule has 7 heteroatoms. The molecule has 0 radical (unpaired) electrons. The van der Waals surface area contributed by atoms with Crippen LogP contribution in [-0.2, 0) is 12.8 Å². The van der Waals surface area contributed by atoms with E-state index >= 15 is 0 Å². The van der Waals surface area contributed by atoms with Crippen LogP contribution in [0.4, 0.5) is 15.6 Å². The van der Waals surface area contributed by atoms with E-state index in [0.717, 1.165) is 24.2 Å². The number of benzene rings is 1. The SMILES string of the molecule is O=C(Nc1nc2c(s1)CCCCC2)c1cccc(N2CCNC2=O)c1. The maximum absolute atomic E-state index is 12.6. The molecule has 0 atom stereocenters. The van der Waals surface area contributed by atoms with Crippen molar-refractivity contribution >= 4 is 34.1 Å². The molecule has 1 aliphatic heterocycles. The minimum absolute atomic E-state index is 0.124. The molecule has 2 heterocycles. The third-order valence-corrected chi connectivity index (χ3v) is 5.67. The number of fused-ring (bicyclic) bond motifs is 1. The summed E-state index contributed by atoms with van der Waals surface area (Å²) in [6.45, 7) is 1.24. The first-order chi connectivity index (χ1) is 12.2. The zero-order valence-corrected chi connectivity index (χ0v) is 14.7. The average molecular weight is 356 g/mol. The summed E-state index contributed by atoms with van der Waals surface area (Å²) in [5.41, 5.74) is 2.40. The first kappa shape index (κ1) is 16.1. The minimum atomic E-state index is -0.189. The number of aromatic nitrogens is 1. The summed E-state index contributed by atoms with van der Waals surface area (Å²) in [6.07, 6.45) is 5.68. The van der Waals surface area contributed by atoms with Gasteiger partial charge in [0.2, 0.25) is 0 Å². The Balaban J connectivity index is 1.50. The van der Waals surface area contributed by atoms with Gasteiger partial charge in [0.1, 0.15) is 0 Å². The lowest BCUT2D eigenvalue weighted by molar-refractivity contribution is 0.102. The summed E-state index contributed by atoms with van der Waals surface area (Å²) in [5.74, 6) is -0.189. The van der Waals surface area contributed by atoms with E-state index in [1.165, 1.54) is 24.1 Å². The Kier molecular flexibility index (Phi) is 4.40. The number of nitrogens with zero attached hydrogens (tertiary/aromatic N) is 2. The second-order valence-corrected chi connectivity index (χ2v) is 7.42. The van der Waals surface area contributed by atoms with Gasteiger partial charge in [0.25, 0.3) is 5.91 Å². The van der Waals surface area contributed by atoms with Gasteiger partial charge in [0.15, 0.2) is 5.13 Å². The van der Waals surface area contributed by atoms with E-state index in [4.69, 9.17) is 0 Å². The molecule has 130 valence electrons. The Morgan fingerprint density at radius 1 is 1.24 bits per heavy atom. The van der Waals surface area contributed by atoms with Crippen molar-refractivity contribution in [3.8, 4) is 0 Å². The molecule has 2 aromatic rings. The third-order valence-electron chi connectivity index (χ3n) is 4.59. The Labute approximate surface area is 150 Å². The Morgan fingerprint density at radius 3 is 2.96 bits per heavy atom. The van der Waals surface area contributed by atoms with Crippen molar-refractivity contribution in [1.82, 2.24) is 10.3 Å². The molecule has 25 heavy (non-hydrogen) atoms. The molecule has 1 fully saturated rings. The summed E-state index contributed by atoms with van der Waals surface area (Å²) in [6, 6.07) is 7.02. The number of anilines is 2. The number of thiazole rings is 1. The molecule has 1 aromatic heterocycles. The third kappa shape index (κ3) is 3.37. The number of hydrogen-bond acceptors (Lipinski definition) is 4. The van der Waals surface area contributed by atoms with E-state index in [1.807, 2.05) is 6.07 Å². The van der Waals surface area contributed by atoms with Crippen molar-refractivity contribution in [2.24, 2.45) is 0 Å². The van der Waals surface area contributed by atoms with Crippen molar-refractivity contribution in [1.29, 1.82) is 0 Å². The number of hydrogen-bond donors (Lipinski definition) is 2. The van der Waals surface area contributed by atoms with Gasteiger partial charge in [-0.15, -0.1) is 11.3 Å². The van der Waals surface area contributed by atoms with Crippen LogP contribution in [0.3, 0.4) is 0 Å². The van der Waals surface area contributed by atoms with E-state index < -0.39 is 0 Å². The van der Waals surface area contributed by atoms with Crippen molar-refractivity contribution in [2.75, 3.05) is 23.3 Å². The predicted molar refractivity (Wildman–Crippen MR) is 98.5 cm³/mol. The molecule has 0 unspecified atom stereocenters. The van der Waals surface area contributed by atoms with Crippen LogP contribution in [0.2, 0.25) is 0 Å². The molecule has 6 nitrogen and oxygen atoms in total. The van der Waals surface area contributed by atoms with Crippen molar-refractivity contribution in [3.05, 3.63) is 40.4 Å². The van der Waals surface area contributed by atoms with Gasteiger partial charge >= 0.3 is 6.03 Å². The van der Waals surface area contributed by atoms with Crippen LogP contribution in [0, 0.1) is 0 Å². The van der Waals surface area contributed by atoms with E-state index in [1.54, 1.807) is 34.4 Å². The van der Waals surface area contributed by atoms with Crippen LogP contribution in [-0.4, -0.2) is 30.0 Å². The molecule has 0 saturated carbocycles. The van der Waals surface area contributed by atoms with Gasteiger partial charge in [-0.2, -0.15) is 0 Å². The highest BCUT2D eigenvalue weighted by atomic mass is 32.1. The fourth-order valence-electron chi connectivity index (χ4n) is 3.28. The average Bonchev–Trinajstić information content (AvgIpc) is 3.15. The van der Waals surface area contributed by atoms with Crippen LogP contribution in [0.1, 0.15) is 40.2 Å². The number of urea groups is 1. The summed E-state index contributed by atoms with van der Waals surface area (Å²) < 4.78 is 0. The summed E-state index contributed by atoms with van der Waals surface area (Å²) in [7, 11) is 0. The molecule has 1 aliphatic carbocycles. The van der Waals surface area contributed by atoms with Crippen LogP contribution >= 0.6 is 11.3 Å². The highest BCUT2D eigenvalue weighted by Crippen LogP contribution is 2.29. The number of amides is 3. The fraction of sp³-hybridized carbons (Fsp3) is 0.389. The first-order valence-electron chi connectivity index (χ1n) is 8.66. The second kappa shape index (κ2) is 6.84. The zero-order chi connectivity index (χ0) is 17.2. The Morgan fingerprint density at radius 2 is 2.12 bits per heavy atom. The lowest BCUT2D eigenvalue weighted by Gasteiger charge is -2.14. The second-order valence-electron chi connectivity index (χ2n) is 6.34. The highest BCUT2D eigenvalue weighted by molar-refractivity contribution is 7.15. The Hall–Kier alpha value is -2.41. The van der Waals surface area contributed by atoms with E-state index in [9.17, 15) is 9.59 Å². The molecular formula is C18H20N4O2S. The van der Waals surface area contributed by atoms with Crippen molar-refractivity contribution in [2.45, 2.75) is 32.1 Å². The number of rotatable bonds is 3. The van der Waals surface area contributed by atoms with Crippen molar-refractivity contribution < 1.29 is 9.59 Å². The molecule has 3 amide bonds. The van der Waals surface area contributed by atoms with Gasteiger partial charge in [-0.05, 0) is 43.9 Å². The number of carbonyl (C=O) groups is 2. The number of nitrogens with one attached hydrogen (secondary N) is 2. The standard InChI is InChI=1S/C18H20N4O2S/c23-16(21-17-20-14-7-2-1-3-8-15(14)25-17)12-5-4-6-13(11-12)22-10-9-19-18(22)24/h4-6,11H,1-3,7-10H2,(H,19,24)(H,20,21,23). The van der Waals surface area contributed by atoms with Gasteiger partial charge in [-0.3, -0.25) is 15.0 Å². The largest absolute Gasteiger partial charge is 0.336 e. The van der Waals surface area contributed by atoms with E-state index in [-0.39, 0.29) is 11.9 Å². The van der Waals surface area contributed by atoms with Crippen LogP contribution in [0.25, 0.3) is 0 Å². The monoisotopic (exact) mass is 356 g/mol. The maximum Gasteiger partial charge on any atom is 0.321 e. The normalized spacial score (nSPS) is 17.0. The number of aryl methyl sites for hydroxylation is 2. The van der Waals surface area contributed by atoms with Gasteiger partial charge in [-0.1, -0.05) is 12.5 Å². The minimum Gasteiger partial charge on any atom is -0.336 e. The van der Waals surface area contributed by atoms with Gasteiger partial charge in [0.05, 0.1) is 5.69 Å². The molecule has 1 aromatic carbocycles.